The molecule has 0 aromatic rings. The summed E-state index contributed by atoms with van der Waals surface area (Å²) >= 11 is 0. The molecule has 0 bridgehead atoms. The molecular formula is C3H8N2O. The van der Waals surface area contributed by atoms with E-state index in [0.29, 0.717) is 6.61 Å². The lowest BCUT2D eigenvalue weighted by molar-refractivity contribution is 0.150. The number of ether oxygens (including phenoxy) is 1. The normalized spacial score (nSPS) is 8.17. The van der Waals surface area contributed by atoms with Crippen LogP contribution in [0.2, 0.25) is 0 Å². The van der Waals surface area contributed by atoms with Gasteiger partial charge in [0, 0.05) is 6.61 Å². The molecule has 3 heteroatoms. The zero-order valence-corrected chi connectivity index (χ0v) is 3.77. The van der Waals surface area contributed by atoms with Gasteiger partial charge in [-0.1, -0.05) is 0 Å². The Kier molecular flexibility index (Phi) is 4.23. The van der Waals surface area contributed by atoms with E-state index in [0.717, 1.165) is 0 Å². The molecule has 0 amide bonds. The van der Waals surface area contributed by atoms with Crippen molar-refractivity contribution in [1.82, 2.24) is 0 Å². The Morgan fingerprint density at radius 3 is 2.67 bits per heavy atom. The van der Waals surface area contributed by atoms with Crippen molar-refractivity contribution >= 4 is 0 Å². The maximum atomic E-state index is 6.21. The molecule has 0 atom stereocenters. The highest BCUT2D eigenvalue weighted by molar-refractivity contribution is 4.09. The zero-order valence-electron chi connectivity index (χ0n) is 3.77. The molecule has 3 nitrogen and oxygen atoms in total. The van der Waals surface area contributed by atoms with Gasteiger partial charge < -0.3 is 4.74 Å². The van der Waals surface area contributed by atoms with Gasteiger partial charge in [-0.05, 0) is 6.92 Å². The monoisotopic (exact) mass is 88.1 g/mol. The van der Waals surface area contributed by atoms with Crippen LogP contribution in [-0.4, -0.2) is 13.3 Å². The average Bonchev–Trinajstić information content (AvgIpc) is 1.61. The number of nitrogens with one attached hydrogen (secondary N) is 1. The summed E-state index contributed by atoms with van der Waals surface area (Å²) in [5.74, 6) is 0. The van der Waals surface area contributed by atoms with E-state index in [1.165, 1.54) is 0 Å². The minimum Gasteiger partial charge on any atom is -0.358 e. The highest BCUT2D eigenvalue weighted by atomic mass is 16.5. The first-order chi connectivity index (χ1) is 2.91. The summed E-state index contributed by atoms with van der Waals surface area (Å²) in [4.78, 5) is 0. The summed E-state index contributed by atoms with van der Waals surface area (Å²) in [5, 5.41) is 2.95. The molecule has 0 saturated heterocycles. The summed E-state index contributed by atoms with van der Waals surface area (Å²) in [6, 6.07) is 0. The summed E-state index contributed by atoms with van der Waals surface area (Å²) < 4.78 is 4.63. The largest absolute Gasteiger partial charge is 0.358 e. The topological polar surface area (TPSA) is 45.4 Å². The van der Waals surface area contributed by atoms with Crippen molar-refractivity contribution in [3.05, 3.63) is 0 Å². The van der Waals surface area contributed by atoms with Crippen LogP contribution < -0.4 is 0 Å². The van der Waals surface area contributed by atoms with E-state index in [1.807, 2.05) is 6.92 Å². The van der Waals surface area contributed by atoms with Crippen LogP contribution in [-0.2, 0) is 4.74 Å². The van der Waals surface area contributed by atoms with Crippen molar-refractivity contribution < 1.29 is 4.74 Å². The molecule has 0 aromatic heterocycles. The van der Waals surface area contributed by atoms with E-state index in [4.69, 9.17) is 5.53 Å². The number of hydrogen-bond acceptors (Lipinski definition) is 3. The highest BCUT2D eigenvalue weighted by Crippen LogP contribution is 1.69. The van der Waals surface area contributed by atoms with Crippen LogP contribution >= 0.6 is 0 Å². The minimum atomic E-state index is 0.205. The summed E-state index contributed by atoms with van der Waals surface area (Å²) in [6.45, 7) is 2.71. The van der Waals surface area contributed by atoms with Crippen LogP contribution in [0.15, 0.2) is 5.11 Å². The van der Waals surface area contributed by atoms with E-state index in [-0.39, 0.29) is 6.73 Å². The molecule has 6 heavy (non-hydrogen) atoms. The molecule has 0 aliphatic rings. The average molecular weight is 88.1 g/mol. The van der Waals surface area contributed by atoms with E-state index in [1.54, 1.807) is 0 Å². The number of nitrogens with zero attached hydrogens (tertiary/aromatic N) is 1. The molecule has 0 rings (SSSR count). The Morgan fingerprint density at radius 1 is 1.83 bits per heavy atom. The fraction of sp³-hybridized carbons (Fsp3) is 1.00. The van der Waals surface area contributed by atoms with Crippen LogP contribution in [0.5, 0.6) is 0 Å². The lowest BCUT2D eigenvalue weighted by atomic mass is 10.9. The molecule has 0 heterocycles. The zero-order chi connectivity index (χ0) is 4.83. The van der Waals surface area contributed by atoms with Crippen molar-refractivity contribution in [2.75, 3.05) is 13.3 Å². The van der Waals surface area contributed by atoms with E-state index in [9.17, 15) is 0 Å². The van der Waals surface area contributed by atoms with Gasteiger partial charge in [-0.15, -0.1) is 0 Å². The van der Waals surface area contributed by atoms with Crippen LogP contribution in [0.3, 0.4) is 0 Å². The maximum Gasteiger partial charge on any atom is 0.157 e. The Morgan fingerprint density at radius 2 is 2.50 bits per heavy atom. The fourth-order valence-electron chi connectivity index (χ4n) is 0.137. The quantitative estimate of drug-likeness (QED) is 0.406. The van der Waals surface area contributed by atoms with Crippen molar-refractivity contribution in [1.29, 1.82) is 5.53 Å². The van der Waals surface area contributed by atoms with Gasteiger partial charge in [-0.2, -0.15) is 5.11 Å². The highest BCUT2D eigenvalue weighted by Gasteiger charge is 1.69. The molecule has 0 unspecified atom stereocenters. The van der Waals surface area contributed by atoms with Gasteiger partial charge in [0.2, 0.25) is 0 Å². The van der Waals surface area contributed by atoms with Crippen LogP contribution in [0, 0.1) is 5.53 Å². The maximum absolute atomic E-state index is 6.21. The predicted octanol–water partition coefficient (Wildman–Crippen LogP) is 1.01. The SMILES string of the molecule is CCOCN=N. The van der Waals surface area contributed by atoms with E-state index >= 15 is 0 Å². The van der Waals surface area contributed by atoms with Gasteiger partial charge in [0.15, 0.2) is 6.73 Å². The molecule has 0 fully saturated rings. The molecule has 0 aromatic carbocycles. The van der Waals surface area contributed by atoms with Gasteiger partial charge in [-0.25, -0.2) is 5.53 Å². The molecule has 0 aliphatic heterocycles. The smallest absolute Gasteiger partial charge is 0.157 e. The van der Waals surface area contributed by atoms with Gasteiger partial charge in [-0.3, -0.25) is 0 Å². The molecule has 0 saturated carbocycles. The lowest BCUT2D eigenvalue weighted by Crippen LogP contribution is -1.85. The molecular weight excluding hydrogens is 80.0 g/mol. The summed E-state index contributed by atoms with van der Waals surface area (Å²) in [6.07, 6.45) is 0. The third-order valence-electron chi connectivity index (χ3n) is 0.360. The second-order valence-electron chi connectivity index (χ2n) is 0.780. The van der Waals surface area contributed by atoms with Crippen molar-refractivity contribution in [2.24, 2.45) is 5.11 Å². The van der Waals surface area contributed by atoms with Gasteiger partial charge in [0.1, 0.15) is 0 Å². The molecule has 1 N–H and O–H groups in total. The predicted molar refractivity (Wildman–Crippen MR) is 21.6 cm³/mol. The molecule has 0 aliphatic carbocycles. The Labute approximate surface area is 36.8 Å². The Bertz CT molecular complexity index is 37.8. The second kappa shape index (κ2) is 4.56. The third-order valence-corrected chi connectivity index (χ3v) is 0.360. The Balaban J connectivity index is 2.49. The number of hydrogen-bond donors (Lipinski definition) is 1. The standard InChI is InChI=1S/C3H8N2O/c1-2-6-3-5-4/h4H,2-3H2,1H3. The van der Waals surface area contributed by atoms with E-state index in [2.05, 4.69) is 9.85 Å². The Hall–Kier alpha value is -0.440. The first kappa shape index (κ1) is 5.56. The van der Waals surface area contributed by atoms with Crippen LogP contribution in [0.25, 0.3) is 0 Å². The van der Waals surface area contributed by atoms with Crippen molar-refractivity contribution in [2.45, 2.75) is 6.92 Å². The molecule has 36 valence electrons. The van der Waals surface area contributed by atoms with E-state index < -0.39 is 0 Å². The van der Waals surface area contributed by atoms with Crippen LogP contribution in [0.4, 0.5) is 0 Å². The summed E-state index contributed by atoms with van der Waals surface area (Å²) in [5.41, 5.74) is 6.21. The third kappa shape index (κ3) is 3.56. The molecule has 0 radical (unpaired) electrons. The second-order valence-corrected chi connectivity index (χ2v) is 0.780. The minimum absolute atomic E-state index is 0.205. The van der Waals surface area contributed by atoms with Crippen molar-refractivity contribution in [3.8, 4) is 0 Å². The lowest BCUT2D eigenvalue weighted by Gasteiger charge is -1.86. The number of rotatable bonds is 3. The first-order valence-electron chi connectivity index (χ1n) is 1.82. The van der Waals surface area contributed by atoms with Gasteiger partial charge >= 0.3 is 0 Å². The fourth-order valence-corrected chi connectivity index (χ4v) is 0.137. The van der Waals surface area contributed by atoms with Crippen molar-refractivity contribution in [3.63, 3.8) is 0 Å². The summed E-state index contributed by atoms with van der Waals surface area (Å²) in [7, 11) is 0. The van der Waals surface area contributed by atoms with Gasteiger partial charge in [0.05, 0.1) is 0 Å². The molecule has 0 spiro atoms. The van der Waals surface area contributed by atoms with Gasteiger partial charge in [0.25, 0.3) is 0 Å². The van der Waals surface area contributed by atoms with Crippen LogP contribution in [0.1, 0.15) is 6.92 Å². The first-order valence-corrected chi connectivity index (χ1v) is 1.82.